The van der Waals surface area contributed by atoms with Gasteiger partial charge in [0.25, 0.3) is 0 Å². The first-order valence-corrected chi connectivity index (χ1v) is 9.41. The summed E-state index contributed by atoms with van der Waals surface area (Å²) in [5, 5.41) is 12.0. The van der Waals surface area contributed by atoms with Gasteiger partial charge in [-0.25, -0.2) is 9.97 Å². The number of methoxy groups -OCH3 is 1. The Morgan fingerprint density at radius 2 is 1.93 bits per heavy atom. The molecular weight excluding hydrogens is 435 g/mol. The molecule has 0 bridgehead atoms. The van der Waals surface area contributed by atoms with Gasteiger partial charge >= 0.3 is 0 Å². The first-order valence-electron chi connectivity index (χ1n) is 9.03. The minimum absolute atomic E-state index is 0. The Bertz CT molecular complexity index is 1020. The molecule has 3 heterocycles. The van der Waals surface area contributed by atoms with Crippen LogP contribution in [0.25, 0.3) is 11.0 Å². The van der Waals surface area contributed by atoms with Crippen molar-refractivity contribution in [2.45, 2.75) is 32.6 Å². The number of nitrogens with zero attached hydrogens (tertiary/aromatic N) is 3. The van der Waals surface area contributed by atoms with Crippen LogP contribution >= 0.6 is 36.4 Å². The third-order valence-corrected chi connectivity index (χ3v) is 5.67. The average molecular weight is 460 g/mol. The maximum Gasteiger partial charge on any atom is 0.186 e. The Hall–Kier alpha value is -1.80. The van der Waals surface area contributed by atoms with E-state index in [0.29, 0.717) is 36.0 Å². The van der Waals surface area contributed by atoms with Crippen LogP contribution in [0.1, 0.15) is 34.1 Å². The van der Waals surface area contributed by atoms with E-state index in [4.69, 9.17) is 22.1 Å². The molecule has 29 heavy (non-hydrogen) atoms. The summed E-state index contributed by atoms with van der Waals surface area (Å²) in [6.45, 7) is 5.86. The number of nitrogen functional groups attached to an aromatic ring is 1. The fraction of sp³-hybridized carbons (Fsp3) is 0.421. The van der Waals surface area contributed by atoms with Crippen molar-refractivity contribution in [3.63, 3.8) is 0 Å². The second-order valence-corrected chi connectivity index (χ2v) is 7.42. The van der Waals surface area contributed by atoms with E-state index in [9.17, 15) is 0 Å². The number of hydrogen-bond donors (Lipinski definition) is 3. The number of benzene rings is 1. The standard InChI is InChI=1S/C19H23ClN6O.2ClH/c1-9-13(20)6-11(17(27-3)15(9)12-7-22-8-12)4-5-14-23-18(21)16-10(2)25-26-19(16)24-14;;/h6,12,22H,4-5,7-8H2,1-3H3,(H3,21,23,24,25,26);2*1H. The molecule has 1 saturated heterocycles. The van der Waals surface area contributed by atoms with Gasteiger partial charge in [0.15, 0.2) is 5.65 Å². The molecule has 10 heteroatoms. The van der Waals surface area contributed by atoms with Crippen molar-refractivity contribution in [1.29, 1.82) is 0 Å². The summed E-state index contributed by atoms with van der Waals surface area (Å²) in [5.41, 5.74) is 10.9. The Morgan fingerprint density at radius 3 is 2.55 bits per heavy atom. The number of nitrogens with two attached hydrogens (primary N) is 1. The molecule has 0 unspecified atom stereocenters. The number of nitrogens with one attached hydrogen (secondary N) is 2. The number of H-pyrrole nitrogens is 1. The summed E-state index contributed by atoms with van der Waals surface area (Å²) >= 11 is 6.52. The molecule has 1 aromatic carbocycles. The molecule has 1 aliphatic heterocycles. The van der Waals surface area contributed by atoms with Gasteiger partial charge in [0.1, 0.15) is 17.4 Å². The van der Waals surface area contributed by atoms with Gasteiger partial charge in [-0.1, -0.05) is 11.6 Å². The number of aromatic nitrogens is 4. The Balaban J connectivity index is 0.00000150. The van der Waals surface area contributed by atoms with Gasteiger partial charge in [0.05, 0.1) is 12.5 Å². The monoisotopic (exact) mass is 458 g/mol. The Labute approximate surface area is 187 Å². The molecule has 0 saturated carbocycles. The fourth-order valence-corrected chi connectivity index (χ4v) is 3.95. The summed E-state index contributed by atoms with van der Waals surface area (Å²) in [7, 11) is 1.72. The first kappa shape index (κ1) is 23.5. The van der Waals surface area contributed by atoms with Gasteiger partial charge in [0.2, 0.25) is 0 Å². The molecule has 0 radical (unpaired) electrons. The number of aromatic amines is 1. The van der Waals surface area contributed by atoms with E-state index in [1.54, 1.807) is 7.11 Å². The maximum atomic E-state index is 6.52. The highest BCUT2D eigenvalue weighted by atomic mass is 35.5. The lowest BCUT2D eigenvalue weighted by Crippen LogP contribution is -2.40. The SMILES string of the molecule is COc1c(CCc2nc(N)c3c(C)[nH]nc3n2)cc(Cl)c(C)c1C1CNC1.Cl.Cl. The van der Waals surface area contributed by atoms with Crippen molar-refractivity contribution >= 4 is 53.3 Å². The summed E-state index contributed by atoms with van der Waals surface area (Å²) in [6, 6.07) is 1.99. The molecule has 0 atom stereocenters. The molecule has 3 aromatic rings. The molecule has 7 nitrogen and oxygen atoms in total. The smallest absolute Gasteiger partial charge is 0.186 e. The van der Waals surface area contributed by atoms with E-state index >= 15 is 0 Å². The van der Waals surface area contributed by atoms with Crippen LogP contribution in [0.15, 0.2) is 6.07 Å². The molecular formula is C19H25Cl3N6O. The van der Waals surface area contributed by atoms with E-state index in [1.165, 1.54) is 5.56 Å². The highest BCUT2D eigenvalue weighted by Gasteiger charge is 2.27. The van der Waals surface area contributed by atoms with Gasteiger partial charge in [-0.2, -0.15) is 5.10 Å². The van der Waals surface area contributed by atoms with Crippen molar-refractivity contribution < 1.29 is 4.74 Å². The minimum atomic E-state index is 0. The third kappa shape index (κ3) is 4.23. The van der Waals surface area contributed by atoms with Crippen LogP contribution < -0.4 is 15.8 Å². The molecule has 1 aliphatic rings. The lowest BCUT2D eigenvalue weighted by molar-refractivity contribution is 0.380. The van der Waals surface area contributed by atoms with Crippen LogP contribution in [0, 0.1) is 13.8 Å². The van der Waals surface area contributed by atoms with Gasteiger partial charge in [-0.3, -0.25) is 5.10 Å². The summed E-state index contributed by atoms with van der Waals surface area (Å²) in [6.07, 6.45) is 1.34. The maximum absolute atomic E-state index is 6.52. The van der Waals surface area contributed by atoms with Crippen molar-refractivity contribution in [3.8, 4) is 5.75 Å². The normalized spacial score (nSPS) is 13.5. The third-order valence-electron chi connectivity index (χ3n) is 5.28. The molecule has 4 N–H and O–H groups in total. The summed E-state index contributed by atoms with van der Waals surface area (Å²) < 4.78 is 5.79. The topological polar surface area (TPSA) is 102 Å². The number of halogens is 3. The molecule has 158 valence electrons. The minimum Gasteiger partial charge on any atom is -0.496 e. The van der Waals surface area contributed by atoms with Crippen LogP contribution in [-0.2, 0) is 12.8 Å². The predicted molar refractivity (Wildman–Crippen MR) is 121 cm³/mol. The highest BCUT2D eigenvalue weighted by molar-refractivity contribution is 6.31. The predicted octanol–water partition coefficient (Wildman–Crippen LogP) is 3.53. The largest absolute Gasteiger partial charge is 0.496 e. The molecule has 0 spiro atoms. The zero-order chi connectivity index (χ0) is 19.1. The van der Waals surface area contributed by atoms with E-state index in [1.807, 2.05) is 13.0 Å². The number of rotatable bonds is 5. The van der Waals surface area contributed by atoms with Gasteiger partial charge in [-0.15, -0.1) is 24.8 Å². The fourth-order valence-electron chi connectivity index (χ4n) is 3.71. The second-order valence-electron chi connectivity index (χ2n) is 7.02. The number of ether oxygens (including phenoxy) is 1. The lowest BCUT2D eigenvalue weighted by Gasteiger charge is -2.31. The average Bonchev–Trinajstić information content (AvgIpc) is 2.97. The van der Waals surface area contributed by atoms with Crippen molar-refractivity contribution in [2.24, 2.45) is 0 Å². The lowest BCUT2D eigenvalue weighted by atomic mass is 9.87. The first-order chi connectivity index (χ1) is 13.0. The number of fused-ring (bicyclic) bond motifs is 1. The molecule has 4 rings (SSSR count). The summed E-state index contributed by atoms with van der Waals surface area (Å²) in [5.74, 6) is 2.48. The van der Waals surface area contributed by atoms with E-state index in [-0.39, 0.29) is 24.8 Å². The number of anilines is 1. The molecule has 0 amide bonds. The molecule has 2 aromatic heterocycles. The molecule has 1 fully saturated rings. The summed E-state index contributed by atoms with van der Waals surface area (Å²) in [4.78, 5) is 8.99. The van der Waals surface area contributed by atoms with Crippen molar-refractivity contribution in [1.82, 2.24) is 25.5 Å². The second kappa shape index (κ2) is 9.34. The Kier molecular flexibility index (Phi) is 7.56. The number of aryl methyl sites for hydroxylation is 3. The van der Waals surface area contributed by atoms with Gasteiger partial charge < -0.3 is 15.8 Å². The van der Waals surface area contributed by atoms with Gasteiger partial charge in [0, 0.05) is 41.7 Å². The van der Waals surface area contributed by atoms with Crippen LogP contribution in [0.5, 0.6) is 5.75 Å². The quantitative estimate of drug-likeness (QED) is 0.539. The number of hydrogen-bond acceptors (Lipinski definition) is 6. The van der Waals surface area contributed by atoms with Crippen LogP contribution in [0.2, 0.25) is 5.02 Å². The van der Waals surface area contributed by atoms with Crippen molar-refractivity contribution in [3.05, 3.63) is 39.3 Å². The van der Waals surface area contributed by atoms with E-state index < -0.39 is 0 Å². The zero-order valence-electron chi connectivity index (χ0n) is 16.5. The van der Waals surface area contributed by atoms with Crippen LogP contribution in [0.3, 0.4) is 0 Å². The van der Waals surface area contributed by atoms with Crippen molar-refractivity contribution in [2.75, 3.05) is 25.9 Å². The van der Waals surface area contributed by atoms with E-state index in [0.717, 1.165) is 46.1 Å². The zero-order valence-corrected chi connectivity index (χ0v) is 18.9. The van der Waals surface area contributed by atoms with Crippen LogP contribution in [0.4, 0.5) is 5.82 Å². The van der Waals surface area contributed by atoms with E-state index in [2.05, 4.69) is 32.4 Å². The highest BCUT2D eigenvalue weighted by Crippen LogP contribution is 2.39. The van der Waals surface area contributed by atoms with Gasteiger partial charge in [-0.05, 0) is 37.5 Å². The molecule has 0 aliphatic carbocycles. The van der Waals surface area contributed by atoms with Crippen LogP contribution in [-0.4, -0.2) is 40.4 Å². The Morgan fingerprint density at radius 1 is 1.21 bits per heavy atom.